The van der Waals surface area contributed by atoms with E-state index in [4.69, 9.17) is 16.8 Å². The summed E-state index contributed by atoms with van der Waals surface area (Å²) in [7, 11) is 0. The first-order valence-corrected chi connectivity index (χ1v) is 5.57. The molecule has 1 aromatic carbocycles. The Hall–Kier alpha value is -2.31. The van der Waals surface area contributed by atoms with Crippen molar-refractivity contribution in [2.75, 3.05) is 0 Å². The molecule has 18 heavy (non-hydrogen) atoms. The van der Waals surface area contributed by atoms with Gasteiger partial charge < -0.3 is 5.21 Å². The van der Waals surface area contributed by atoms with Crippen molar-refractivity contribution in [3.8, 4) is 11.8 Å². The highest BCUT2D eigenvalue weighted by molar-refractivity contribution is 6.29. The molecule has 0 radical (unpaired) electrons. The molecule has 0 aliphatic rings. The van der Waals surface area contributed by atoms with Crippen LogP contribution in [0.5, 0.6) is 0 Å². The van der Waals surface area contributed by atoms with Gasteiger partial charge >= 0.3 is 0 Å². The number of oxime groups is 1. The lowest BCUT2D eigenvalue weighted by molar-refractivity contribution is 0.322. The van der Waals surface area contributed by atoms with Gasteiger partial charge in [0.05, 0.1) is 11.8 Å². The Labute approximate surface area is 110 Å². The molecule has 2 aromatic rings. The highest BCUT2D eigenvalue weighted by atomic mass is 35.5. The summed E-state index contributed by atoms with van der Waals surface area (Å²) in [5.41, 5.74) is 2.18. The molecule has 0 saturated heterocycles. The summed E-state index contributed by atoms with van der Waals surface area (Å²) >= 11 is 5.77. The third-order valence-electron chi connectivity index (χ3n) is 2.21. The van der Waals surface area contributed by atoms with Crippen LogP contribution in [0.4, 0.5) is 0 Å². The Kier molecular flexibility index (Phi) is 3.95. The van der Waals surface area contributed by atoms with Crippen LogP contribution in [-0.2, 0) is 0 Å². The van der Waals surface area contributed by atoms with Crippen molar-refractivity contribution in [3.63, 3.8) is 0 Å². The van der Waals surface area contributed by atoms with Crippen LogP contribution in [0.1, 0.15) is 16.7 Å². The summed E-state index contributed by atoms with van der Waals surface area (Å²) in [6, 6.07) is 11.2. The summed E-state index contributed by atoms with van der Waals surface area (Å²) in [5, 5.41) is 11.9. The fourth-order valence-electron chi connectivity index (χ4n) is 1.38. The minimum atomic E-state index is 0.329. The van der Waals surface area contributed by atoms with Crippen molar-refractivity contribution in [2.45, 2.75) is 0 Å². The zero-order valence-electron chi connectivity index (χ0n) is 9.34. The van der Waals surface area contributed by atoms with Crippen LogP contribution in [-0.4, -0.2) is 16.4 Å². The molecule has 0 fully saturated rings. The fourth-order valence-corrected chi connectivity index (χ4v) is 1.54. The largest absolute Gasteiger partial charge is 0.411 e. The van der Waals surface area contributed by atoms with Gasteiger partial charge in [-0.1, -0.05) is 46.8 Å². The van der Waals surface area contributed by atoms with E-state index in [0.29, 0.717) is 16.3 Å². The lowest BCUT2D eigenvalue weighted by Gasteiger charge is -1.97. The number of hydrogen-bond acceptors (Lipinski definition) is 3. The SMILES string of the molecule is O/N=C/c1cc(Cl)ncc1C#Cc1ccccc1. The molecule has 1 aromatic heterocycles. The van der Waals surface area contributed by atoms with Crippen LogP contribution < -0.4 is 0 Å². The number of benzene rings is 1. The number of rotatable bonds is 1. The monoisotopic (exact) mass is 256 g/mol. The summed E-state index contributed by atoms with van der Waals surface area (Å²) < 4.78 is 0. The van der Waals surface area contributed by atoms with Crippen molar-refractivity contribution in [1.29, 1.82) is 0 Å². The highest BCUT2D eigenvalue weighted by Gasteiger charge is 2.00. The van der Waals surface area contributed by atoms with Gasteiger partial charge in [0.15, 0.2) is 0 Å². The van der Waals surface area contributed by atoms with E-state index in [1.807, 2.05) is 30.3 Å². The van der Waals surface area contributed by atoms with Gasteiger partial charge in [-0.25, -0.2) is 4.98 Å². The molecule has 1 N–H and O–H groups in total. The zero-order chi connectivity index (χ0) is 12.8. The van der Waals surface area contributed by atoms with E-state index in [2.05, 4.69) is 22.0 Å². The third kappa shape index (κ3) is 3.09. The van der Waals surface area contributed by atoms with Gasteiger partial charge in [0.2, 0.25) is 0 Å². The molecule has 88 valence electrons. The molecule has 0 atom stereocenters. The molecular weight excluding hydrogens is 248 g/mol. The average molecular weight is 257 g/mol. The number of halogens is 1. The molecule has 0 aliphatic carbocycles. The van der Waals surface area contributed by atoms with Crippen molar-refractivity contribution in [1.82, 2.24) is 4.98 Å². The first-order valence-electron chi connectivity index (χ1n) is 5.19. The third-order valence-corrected chi connectivity index (χ3v) is 2.42. The molecule has 0 aliphatic heterocycles. The van der Waals surface area contributed by atoms with E-state index in [1.54, 1.807) is 12.3 Å². The van der Waals surface area contributed by atoms with Crippen LogP contribution >= 0.6 is 11.6 Å². The lowest BCUT2D eigenvalue weighted by atomic mass is 10.1. The van der Waals surface area contributed by atoms with Crippen LogP contribution in [0.3, 0.4) is 0 Å². The molecule has 0 saturated carbocycles. The maximum absolute atomic E-state index is 8.58. The molecule has 0 spiro atoms. The summed E-state index contributed by atoms with van der Waals surface area (Å²) in [6.45, 7) is 0. The minimum absolute atomic E-state index is 0.329. The predicted octanol–water partition coefficient (Wildman–Crippen LogP) is 2.94. The van der Waals surface area contributed by atoms with Crippen molar-refractivity contribution >= 4 is 17.8 Å². The van der Waals surface area contributed by atoms with Gasteiger partial charge in [0.1, 0.15) is 5.15 Å². The Bertz CT molecular complexity index is 627. The Morgan fingerprint density at radius 2 is 2.00 bits per heavy atom. The van der Waals surface area contributed by atoms with E-state index >= 15 is 0 Å². The fraction of sp³-hybridized carbons (Fsp3) is 0. The maximum atomic E-state index is 8.58. The van der Waals surface area contributed by atoms with Gasteiger partial charge in [0, 0.05) is 17.3 Å². The molecule has 2 rings (SSSR count). The zero-order valence-corrected chi connectivity index (χ0v) is 10.1. The maximum Gasteiger partial charge on any atom is 0.129 e. The van der Waals surface area contributed by atoms with Gasteiger partial charge in [-0.3, -0.25) is 0 Å². The number of pyridine rings is 1. The first kappa shape index (κ1) is 12.2. The summed E-state index contributed by atoms with van der Waals surface area (Å²) in [5.74, 6) is 5.97. The second-order valence-corrected chi connectivity index (χ2v) is 3.84. The second kappa shape index (κ2) is 5.85. The Morgan fingerprint density at radius 3 is 2.72 bits per heavy atom. The lowest BCUT2D eigenvalue weighted by Crippen LogP contribution is -1.90. The van der Waals surface area contributed by atoms with Gasteiger partial charge in [0.25, 0.3) is 0 Å². The van der Waals surface area contributed by atoms with Crippen molar-refractivity contribution in [2.24, 2.45) is 5.16 Å². The standard InChI is InChI=1S/C14H9ClN2O/c15-14-8-13(10-17-18)12(9-16-14)7-6-11-4-2-1-3-5-11/h1-5,8-10,18H/b17-10+. The van der Waals surface area contributed by atoms with Crippen LogP contribution in [0.25, 0.3) is 0 Å². The van der Waals surface area contributed by atoms with Gasteiger partial charge in [-0.15, -0.1) is 0 Å². The van der Waals surface area contributed by atoms with Crippen LogP contribution in [0.2, 0.25) is 5.15 Å². The molecular formula is C14H9ClN2O. The van der Waals surface area contributed by atoms with Crippen molar-refractivity contribution in [3.05, 3.63) is 64.4 Å². The molecule has 1 heterocycles. The van der Waals surface area contributed by atoms with Gasteiger partial charge in [-0.05, 0) is 18.2 Å². The number of aromatic nitrogens is 1. The minimum Gasteiger partial charge on any atom is -0.411 e. The molecule has 0 amide bonds. The molecule has 0 unspecified atom stereocenters. The molecule has 3 nitrogen and oxygen atoms in total. The van der Waals surface area contributed by atoms with E-state index in [1.165, 1.54) is 6.21 Å². The quantitative estimate of drug-likeness (QED) is 0.280. The topological polar surface area (TPSA) is 45.5 Å². The highest BCUT2D eigenvalue weighted by Crippen LogP contribution is 2.10. The Balaban J connectivity index is 2.38. The van der Waals surface area contributed by atoms with Crippen molar-refractivity contribution < 1.29 is 5.21 Å². The van der Waals surface area contributed by atoms with E-state index in [9.17, 15) is 0 Å². The first-order chi connectivity index (χ1) is 8.79. The second-order valence-electron chi connectivity index (χ2n) is 3.45. The smallest absolute Gasteiger partial charge is 0.129 e. The number of hydrogen-bond donors (Lipinski definition) is 1. The van der Waals surface area contributed by atoms with Gasteiger partial charge in [-0.2, -0.15) is 0 Å². The Morgan fingerprint density at radius 1 is 1.22 bits per heavy atom. The molecule has 4 heteroatoms. The summed E-state index contributed by atoms with van der Waals surface area (Å²) in [6.07, 6.45) is 2.83. The number of nitrogens with zero attached hydrogens (tertiary/aromatic N) is 2. The van der Waals surface area contributed by atoms with E-state index in [0.717, 1.165) is 5.56 Å². The van der Waals surface area contributed by atoms with Crippen LogP contribution in [0.15, 0.2) is 47.8 Å². The normalized spacial score (nSPS) is 10.1. The predicted molar refractivity (Wildman–Crippen MR) is 71.0 cm³/mol. The van der Waals surface area contributed by atoms with E-state index in [-0.39, 0.29) is 0 Å². The molecule has 0 bridgehead atoms. The average Bonchev–Trinajstić information content (AvgIpc) is 2.39. The van der Waals surface area contributed by atoms with E-state index < -0.39 is 0 Å². The van der Waals surface area contributed by atoms with Crippen LogP contribution in [0, 0.1) is 11.8 Å². The summed E-state index contributed by atoms with van der Waals surface area (Å²) in [4.78, 5) is 3.95.